The van der Waals surface area contributed by atoms with Crippen LogP contribution < -0.4 is 10.9 Å². The number of halogens is 1. The van der Waals surface area contributed by atoms with Crippen LogP contribution in [0.5, 0.6) is 5.75 Å². The summed E-state index contributed by atoms with van der Waals surface area (Å²) in [6.45, 7) is 0.995. The van der Waals surface area contributed by atoms with Gasteiger partial charge in [0, 0.05) is 17.5 Å². The zero-order valence-corrected chi connectivity index (χ0v) is 15.1. The Bertz CT molecular complexity index is 1040. The first kappa shape index (κ1) is 17.7. The summed E-state index contributed by atoms with van der Waals surface area (Å²) in [5.74, 6) is -0.134. The van der Waals surface area contributed by atoms with Crippen LogP contribution in [0, 0.1) is 5.82 Å². The summed E-state index contributed by atoms with van der Waals surface area (Å²) in [7, 11) is 0. The fraction of sp³-hybridized carbons (Fsp3) is 0.318. The molecular formula is C22H22FNO3. The van der Waals surface area contributed by atoms with Crippen molar-refractivity contribution in [1.82, 2.24) is 5.32 Å². The van der Waals surface area contributed by atoms with Gasteiger partial charge in [-0.15, -0.1) is 0 Å². The lowest BCUT2D eigenvalue weighted by molar-refractivity contribution is 0.459. The first-order valence-electron chi connectivity index (χ1n) is 9.38. The maximum absolute atomic E-state index is 13.2. The molecule has 0 saturated carbocycles. The number of rotatable bonds is 5. The fourth-order valence-corrected chi connectivity index (χ4v) is 3.86. The molecule has 5 heteroatoms. The first-order chi connectivity index (χ1) is 13.1. The van der Waals surface area contributed by atoms with E-state index in [4.69, 9.17) is 4.42 Å². The number of nitrogens with one attached hydrogen (secondary N) is 1. The Kier molecular flexibility index (Phi) is 4.94. The topological polar surface area (TPSA) is 62.5 Å². The number of benzene rings is 2. The Morgan fingerprint density at radius 1 is 1.11 bits per heavy atom. The summed E-state index contributed by atoms with van der Waals surface area (Å²) in [6.07, 6.45) is 4.37. The number of phenols is 1. The van der Waals surface area contributed by atoms with E-state index in [0.29, 0.717) is 30.7 Å². The minimum absolute atomic E-state index is 0.111. The third kappa shape index (κ3) is 3.60. The Labute approximate surface area is 156 Å². The molecule has 0 fully saturated rings. The summed E-state index contributed by atoms with van der Waals surface area (Å²) >= 11 is 0. The van der Waals surface area contributed by atoms with Crippen molar-refractivity contribution >= 4 is 11.0 Å². The Morgan fingerprint density at radius 3 is 2.74 bits per heavy atom. The molecule has 0 amide bonds. The molecule has 1 aliphatic carbocycles. The average Bonchev–Trinajstić information content (AvgIpc) is 2.67. The molecule has 0 radical (unpaired) electrons. The normalized spacial score (nSPS) is 13.7. The van der Waals surface area contributed by atoms with E-state index in [9.17, 15) is 14.3 Å². The van der Waals surface area contributed by atoms with Crippen molar-refractivity contribution in [2.75, 3.05) is 6.54 Å². The van der Waals surface area contributed by atoms with Crippen LogP contribution in [0.2, 0.25) is 0 Å². The fourth-order valence-electron chi connectivity index (χ4n) is 3.86. The summed E-state index contributed by atoms with van der Waals surface area (Å²) < 4.78 is 18.8. The molecule has 1 aliphatic rings. The van der Waals surface area contributed by atoms with Gasteiger partial charge in [-0.3, -0.25) is 0 Å². The van der Waals surface area contributed by atoms with Crippen molar-refractivity contribution in [3.05, 3.63) is 74.9 Å². The molecule has 0 atom stereocenters. The number of aromatic hydroxyl groups is 1. The van der Waals surface area contributed by atoms with E-state index in [-0.39, 0.29) is 17.2 Å². The lowest BCUT2D eigenvalue weighted by Crippen LogP contribution is -2.19. The highest BCUT2D eigenvalue weighted by Gasteiger charge is 2.20. The zero-order valence-electron chi connectivity index (χ0n) is 15.1. The van der Waals surface area contributed by atoms with Gasteiger partial charge in [0.1, 0.15) is 17.1 Å². The zero-order chi connectivity index (χ0) is 18.8. The standard InChI is InChI=1S/C22H22FNO3/c23-15-5-3-4-14(12-15)10-11-24-13-19-20(25)9-8-17-16-6-1-2-7-18(16)22(26)27-21(17)19/h3-5,8-9,12,24-25H,1-2,6-7,10-11,13H2. The van der Waals surface area contributed by atoms with Crippen molar-refractivity contribution in [3.63, 3.8) is 0 Å². The highest BCUT2D eigenvalue weighted by molar-refractivity contribution is 5.86. The maximum Gasteiger partial charge on any atom is 0.339 e. The van der Waals surface area contributed by atoms with E-state index < -0.39 is 0 Å². The molecule has 0 saturated heterocycles. The van der Waals surface area contributed by atoms with Crippen LogP contribution in [-0.2, 0) is 25.8 Å². The number of hydrogen-bond donors (Lipinski definition) is 2. The maximum atomic E-state index is 13.2. The predicted octanol–water partition coefficient (Wildman–Crippen LogP) is 3.85. The number of aryl methyl sites for hydroxylation is 1. The van der Waals surface area contributed by atoms with Gasteiger partial charge in [-0.2, -0.15) is 0 Å². The largest absolute Gasteiger partial charge is 0.507 e. The van der Waals surface area contributed by atoms with Gasteiger partial charge < -0.3 is 14.8 Å². The quantitative estimate of drug-likeness (QED) is 0.531. The molecule has 0 unspecified atom stereocenters. The van der Waals surface area contributed by atoms with Gasteiger partial charge in [0.25, 0.3) is 0 Å². The molecule has 0 bridgehead atoms. The first-order valence-corrected chi connectivity index (χ1v) is 9.38. The molecule has 2 aromatic carbocycles. The SMILES string of the molecule is O=c1oc2c(CNCCc3cccc(F)c3)c(O)ccc2c2c1CCCC2. The second kappa shape index (κ2) is 7.53. The van der Waals surface area contributed by atoms with Gasteiger partial charge >= 0.3 is 5.63 Å². The second-order valence-electron chi connectivity index (χ2n) is 7.05. The van der Waals surface area contributed by atoms with E-state index in [1.807, 2.05) is 12.1 Å². The molecule has 1 heterocycles. The minimum Gasteiger partial charge on any atom is -0.507 e. The summed E-state index contributed by atoms with van der Waals surface area (Å²) in [5.41, 5.74) is 3.53. The van der Waals surface area contributed by atoms with Crippen molar-refractivity contribution in [1.29, 1.82) is 0 Å². The second-order valence-corrected chi connectivity index (χ2v) is 7.05. The van der Waals surface area contributed by atoms with E-state index in [0.717, 1.165) is 47.8 Å². The Hall–Kier alpha value is -2.66. The lowest BCUT2D eigenvalue weighted by atomic mass is 9.90. The van der Waals surface area contributed by atoms with Crippen molar-refractivity contribution in [2.45, 2.75) is 38.6 Å². The summed E-state index contributed by atoms with van der Waals surface area (Å²) in [6, 6.07) is 10.0. The van der Waals surface area contributed by atoms with Crippen LogP contribution in [0.3, 0.4) is 0 Å². The average molecular weight is 367 g/mol. The Balaban J connectivity index is 1.57. The molecule has 0 aliphatic heterocycles. The molecule has 4 nitrogen and oxygen atoms in total. The predicted molar refractivity (Wildman–Crippen MR) is 103 cm³/mol. The van der Waals surface area contributed by atoms with Gasteiger partial charge in [-0.05, 0) is 74.0 Å². The van der Waals surface area contributed by atoms with Gasteiger partial charge in [0.2, 0.25) is 0 Å². The number of hydrogen-bond acceptors (Lipinski definition) is 4. The summed E-state index contributed by atoms with van der Waals surface area (Å²) in [4.78, 5) is 12.4. The summed E-state index contributed by atoms with van der Waals surface area (Å²) in [5, 5.41) is 14.5. The van der Waals surface area contributed by atoms with Crippen LogP contribution in [-0.4, -0.2) is 11.7 Å². The molecule has 140 valence electrons. The monoisotopic (exact) mass is 367 g/mol. The van der Waals surface area contributed by atoms with Crippen LogP contribution in [0.15, 0.2) is 45.6 Å². The van der Waals surface area contributed by atoms with E-state index >= 15 is 0 Å². The van der Waals surface area contributed by atoms with Crippen LogP contribution in [0.25, 0.3) is 11.0 Å². The van der Waals surface area contributed by atoms with E-state index in [1.54, 1.807) is 12.1 Å². The minimum atomic E-state index is -0.288. The van der Waals surface area contributed by atoms with E-state index in [1.165, 1.54) is 12.1 Å². The van der Waals surface area contributed by atoms with Gasteiger partial charge in [0.15, 0.2) is 0 Å². The third-order valence-electron chi connectivity index (χ3n) is 5.25. The number of phenolic OH excluding ortho intramolecular Hbond substituents is 1. The Morgan fingerprint density at radius 2 is 1.93 bits per heavy atom. The van der Waals surface area contributed by atoms with Gasteiger partial charge in [0.05, 0.1) is 5.56 Å². The van der Waals surface area contributed by atoms with Crippen molar-refractivity contribution in [2.24, 2.45) is 0 Å². The molecule has 27 heavy (non-hydrogen) atoms. The number of fused-ring (bicyclic) bond motifs is 3. The van der Waals surface area contributed by atoms with Crippen LogP contribution in [0.1, 0.15) is 35.1 Å². The van der Waals surface area contributed by atoms with E-state index in [2.05, 4.69) is 5.32 Å². The molecule has 0 spiro atoms. The van der Waals surface area contributed by atoms with Crippen LogP contribution in [0.4, 0.5) is 4.39 Å². The van der Waals surface area contributed by atoms with Crippen molar-refractivity contribution < 1.29 is 13.9 Å². The lowest BCUT2D eigenvalue weighted by Gasteiger charge is -2.18. The molecular weight excluding hydrogens is 345 g/mol. The molecule has 1 aromatic heterocycles. The molecule has 3 aromatic rings. The van der Waals surface area contributed by atoms with Gasteiger partial charge in [-0.25, -0.2) is 9.18 Å². The smallest absolute Gasteiger partial charge is 0.339 e. The highest BCUT2D eigenvalue weighted by Crippen LogP contribution is 2.32. The molecule has 4 rings (SSSR count). The highest BCUT2D eigenvalue weighted by atomic mass is 19.1. The third-order valence-corrected chi connectivity index (χ3v) is 5.25. The van der Waals surface area contributed by atoms with Gasteiger partial charge in [-0.1, -0.05) is 12.1 Å². The van der Waals surface area contributed by atoms with Crippen molar-refractivity contribution in [3.8, 4) is 5.75 Å². The molecule has 2 N–H and O–H groups in total. The van der Waals surface area contributed by atoms with Crippen LogP contribution >= 0.6 is 0 Å².